The van der Waals surface area contributed by atoms with E-state index in [1.807, 2.05) is 32.0 Å². The highest BCUT2D eigenvalue weighted by Crippen LogP contribution is 2.27. The van der Waals surface area contributed by atoms with Crippen molar-refractivity contribution in [3.8, 4) is 5.75 Å². The SMILES string of the molecule is CC[C@H](Oc1ccccc1F)C(=O)Nc1nc2ccc(C)cc2s1. The molecule has 0 bridgehead atoms. The Hall–Kier alpha value is -2.47. The van der Waals surface area contributed by atoms with Crippen molar-refractivity contribution < 1.29 is 13.9 Å². The molecule has 24 heavy (non-hydrogen) atoms. The maximum Gasteiger partial charge on any atom is 0.267 e. The highest BCUT2D eigenvalue weighted by Gasteiger charge is 2.21. The lowest BCUT2D eigenvalue weighted by atomic mass is 10.2. The van der Waals surface area contributed by atoms with Crippen LogP contribution in [0.2, 0.25) is 0 Å². The normalized spacial score (nSPS) is 12.1. The lowest BCUT2D eigenvalue weighted by Gasteiger charge is -2.16. The van der Waals surface area contributed by atoms with Gasteiger partial charge in [-0.1, -0.05) is 36.5 Å². The van der Waals surface area contributed by atoms with Crippen LogP contribution in [0.25, 0.3) is 10.2 Å². The van der Waals surface area contributed by atoms with E-state index in [1.54, 1.807) is 12.1 Å². The Kier molecular flexibility index (Phi) is 4.76. The van der Waals surface area contributed by atoms with Crippen molar-refractivity contribution in [1.82, 2.24) is 4.98 Å². The molecule has 1 heterocycles. The number of ether oxygens (including phenoxy) is 1. The van der Waals surface area contributed by atoms with Gasteiger partial charge in [0.15, 0.2) is 22.8 Å². The number of benzene rings is 2. The summed E-state index contributed by atoms with van der Waals surface area (Å²) >= 11 is 1.40. The molecule has 0 aliphatic carbocycles. The quantitative estimate of drug-likeness (QED) is 0.739. The van der Waals surface area contributed by atoms with Crippen LogP contribution in [0.1, 0.15) is 18.9 Å². The zero-order valence-electron chi connectivity index (χ0n) is 13.4. The van der Waals surface area contributed by atoms with Crippen molar-refractivity contribution in [1.29, 1.82) is 0 Å². The fraction of sp³-hybridized carbons (Fsp3) is 0.222. The summed E-state index contributed by atoms with van der Waals surface area (Å²) in [6.45, 7) is 3.82. The molecule has 6 heteroatoms. The van der Waals surface area contributed by atoms with Crippen LogP contribution in [0.3, 0.4) is 0 Å². The average Bonchev–Trinajstić information content (AvgIpc) is 2.95. The standard InChI is InChI=1S/C18H17FN2O2S/c1-3-14(23-15-7-5-4-6-12(15)19)17(22)21-18-20-13-9-8-11(2)10-16(13)24-18/h4-10,14H,3H2,1-2H3,(H,20,21,22)/t14-/m0/s1. The second-order valence-corrected chi connectivity index (χ2v) is 6.46. The zero-order valence-corrected chi connectivity index (χ0v) is 14.2. The number of carbonyl (C=O) groups is 1. The summed E-state index contributed by atoms with van der Waals surface area (Å²) in [5.41, 5.74) is 1.97. The van der Waals surface area contributed by atoms with Crippen molar-refractivity contribution in [2.45, 2.75) is 26.4 Å². The van der Waals surface area contributed by atoms with Gasteiger partial charge in [-0.25, -0.2) is 9.37 Å². The molecule has 0 aliphatic rings. The van der Waals surface area contributed by atoms with Gasteiger partial charge in [0, 0.05) is 0 Å². The lowest BCUT2D eigenvalue weighted by molar-refractivity contribution is -0.122. The number of carbonyl (C=O) groups excluding carboxylic acids is 1. The fourth-order valence-corrected chi connectivity index (χ4v) is 3.25. The monoisotopic (exact) mass is 344 g/mol. The molecule has 0 aliphatic heterocycles. The number of aromatic nitrogens is 1. The Labute approximate surface area is 143 Å². The minimum absolute atomic E-state index is 0.0689. The summed E-state index contributed by atoms with van der Waals surface area (Å²) in [5, 5.41) is 3.27. The number of hydrogen-bond donors (Lipinski definition) is 1. The molecule has 1 aromatic heterocycles. The Bertz CT molecular complexity index is 878. The van der Waals surface area contributed by atoms with Crippen molar-refractivity contribution in [3.63, 3.8) is 0 Å². The lowest BCUT2D eigenvalue weighted by Crippen LogP contribution is -2.32. The van der Waals surface area contributed by atoms with E-state index in [0.717, 1.165) is 15.8 Å². The number of para-hydroxylation sites is 1. The molecular formula is C18H17FN2O2S. The highest BCUT2D eigenvalue weighted by atomic mass is 32.1. The van der Waals surface area contributed by atoms with Crippen LogP contribution in [0.15, 0.2) is 42.5 Å². The zero-order chi connectivity index (χ0) is 17.1. The Balaban J connectivity index is 1.75. The second kappa shape index (κ2) is 6.97. The summed E-state index contributed by atoms with van der Waals surface area (Å²) in [6.07, 6.45) is -0.361. The van der Waals surface area contributed by atoms with Gasteiger partial charge in [-0.2, -0.15) is 0 Å². The number of halogens is 1. The van der Waals surface area contributed by atoms with Gasteiger partial charge in [-0.15, -0.1) is 0 Å². The number of rotatable bonds is 5. The van der Waals surface area contributed by atoms with Crippen molar-refractivity contribution in [2.24, 2.45) is 0 Å². The average molecular weight is 344 g/mol. The minimum Gasteiger partial charge on any atom is -0.478 e. The van der Waals surface area contributed by atoms with Crippen LogP contribution >= 0.6 is 11.3 Å². The van der Waals surface area contributed by atoms with E-state index in [4.69, 9.17) is 4.74 Å². The Morgan fingerprint density at radius 3 is 2.88 bits per heavy atom. The van der Waals surface area contributed by atoms with Gasteiger partial charge < -0.3 is 4.74 Å². The van der Waals surface area contributed by atoms with Crippen LogP contribution in [0.4, 0.5) is 9.52 Å². The molecule has 1 atom stereocenters. The van der Waals surface area contributed by atoms with Gasteiger partial charge in [-0.3, -0.25) is 10.1 Å². The van der Waals surface area contributed by atoms with Crippen LogP contribution in [0.5, 0.6) is 5.75 Å². The maximum atomic E-state index is 13.7. The molecule has 3 aromatic rings. The molecule has 4 nitrogen and oxygen atoms in total. The second-order valence-electron chi connectivity index (χ2n) is 5.42. The molecule has 0 radical (unpaired) electrons. The molecule has 0 saturated heterocycles. The van der Waals surface area contributed by atoms with Crippen LogP contribution < -0.4 is 10.1 Å². The number of aryl methyl sites for hydroxylation is 1. The fourth-order valence-electron chi connectivity index (χ4n) is 2.29. The van der Waals surface area contributed by atoms with E-state index in [1.165, 1.54) is 23.5 Å². The van der Waals surface area contributed by atoms with Gasteiger partial charge in [0.05, 0.1) is 10.2 Å². The van der Waals surface area contributed by atoms with E-state index in [-0.39, 0.29) is 11.7 Å². The maximum absolute atomic E-state index is 13.7. The smallest absolute Gasteiger partial charge is 0.267 e. The van der Waals surface area contributed by atoms with Crippen molar-refractivity contribution in [2.75, 3.05) is 5.32 Å². The van der Waals surface area contributed by atoms with Gasteiger partial charge in [-0.05, 0) is 43.2 Å². The first-order valence-electron chi connectivity index (χ1n) is 7.66. The summed E-state index contributed by atoms with van der Waals surface area (Å²) in [4.78, 5) is 16.8. The van der Waals surface area contributed by atoms with Crippen LogP contribution in [-0.4, -0.2) is 17.0 Å². The molecule has 0 fully saturated rings. The number of thiazole rings is 1. The van der Waals surface area contributed by atoms with Crippen molar-refractivity contribution >= 4 is 32.6 Å². The number of amides is 1. The molecule has 0 unspecified atom stereocenters. The summed E-state index contributed by atoms with van der Waals surface area (Å²) in [5.74, 6) is -0.754. The molecule has 2 aromatic carbocycles. The van der Waals surface area contributed by atoms with Gasteiger partial charge in [0.2, 0.25) is 0 Å². The molecule has 1 amide bonds. The summed E-state index contributed by atoms with van der Waals surface area (Å²) in [6, 6.07) is 12.0. The first kappa shape index (κ1) is 16.4. The number of anilines is 1. The van der Waals surface area contributed by atoms with E-state index in [0.29, 0.717) is 11.6 Å². The number of nitrogens with one attached hydrogen (secondary N) is 1. The van der Waals surface area contributed by atoms with E-state index < -0.39 is 11.9 Å². The van der Waals surface area contributed by atoms with E-state index >= 15 is 0 Å². The van der Waals surface area contributed by atoms with Gasteiger partial charge in [0.1, 0.15) is 0 Å². The third kappa shape index (κ3) is 3.54. The van der Waals surface area contributed by atoms with Gasteiger partial charge in [0.25, 0.3) is 5.91 Å². The van der Waals surface area contributed by atoms with E-state index in [9.17, 15) is 9.18 Å². The molecule has 124 valence electrons. The molecule has 0 spiro atoms. The molecule has 0 saturated carbocycles. The third-order valence-electron chi connectivity index (χ3n) is 3.54. The topological polar surface area (TPSA) is 51.2 Å². The van der Waals surface area contributed by atoms with Crippen molar-refractivity contribution in [3.05, 3.63) is 53.8 Å². The number of hydrogen-bond acceptors (Lipinski definition) is 4. The largest absolute Gasteiger partial charge is 0.478 e. The Morgan fingerprint density at radius 1 is 1.33 bits per heavy atom. The third-order valence-corrected chi connectivity index (χ3v) is 4.48. The highest BCUT2D eigenvalue weighted by molar-refractivity contribution is 7.22. The Morgan fingerprint density at radius 2 is 2.12 bits per heavy atom. The van der Waals surface area contributed by atoms with E-state index in [2.05, 4.69) is 10.3 Å². The predicted octanol–water partition coefficient (Wildman–Crippen LogP) is 4.54. The summed E-state index contributed by atoms with van der Waals surface area (Å²) < 4.78 is 20.2. The first-order valence-corrected chi connectivity index (χ1v) is 8.47. The van der Waals surface area contributed by atoms with Crippen LogP contribution in [0, 0.1) is 12.7 Å². The molecular weight excluding hydrogens is 327 g/mol. The van der Waals surface area contributed by atoms with Crippen LogP contribution in [-0.2, 0) is 4.79 Å². The minimum atomic E-state index is -0.782. The summed E-state index contributed by atoms with van der Waals surface area (Å²) in [7, 11) is 0. The molecule has 1 N–H and O–H groups in total. The predicted molar refractivity (Wildman–Crippen MR) is 94.1 cm³/mol. The number of fused-ring (bicyclic) bond motifs is 1. The first-order chi connectivity index (χ1) is 11.6. The molecule has 3 rings (SSSR count). The number of nitrogens with zero attached hydrogens (tertiary/aromatic N) is 1. The van der Waals surface area contributed by atoms with Gasteiger partial charge >= 0.3 is 0 Å².